The Kier molecular flexibility index (Phi) is 12.1. The maximum atomic E-state index is 13.6. The van der Waals surface area contributed by atoms with Crippen LogP contribution >= 0.6 is 0 Å². The smallest absolute Gasteiger partial charge is 0.410 e. The minimum absolute atomic E-state index is 0.127. The van der Waals surface area contributed by atoms with Gasteiger partial charge >= 0.3 is 6.09 Å². The Morgan fingerprint density at radius 3 is 2.22 bits per heavy atom. The third-order valence-electron chi connectivity index (χ3n) is 7.12. The van der Waals surface area contributed by atoms with Crippen LogP contribution in [0.4, 0.5) is 10.6 Å². The monoisotopic (exact) mass is 623 g/mol. The summed E-state index contributed by atoms with van der Waals surface area (Å²) in [5.74, 6) is -0.0896. The fraction of sp³-hybridized carbons (Fsp3) is 0.455. The number of nitrogens with zero attached hydrogens (tertiary/aromatic N) is 3. The minimum Gasteiger partial charge on any atom is -0.497 e. The van der Waals surface area contributed by atoms with Crippen molar-refractivity contribution in [1.82, 2.24) is 19.8 Å². The van der Waals surface area contributed by atoms with Crippen LogP contribution in [0.3, 0.4) is 0 Å². The van der Waals surface area contributed by atoms with Crippen molar-refractivity contribution in [2.45, 2.75) is 64.4 Å². The first kappa shape index (κ1) is 35.1. The molecule has 12 nitrogen and oxygen atoms in total. The Bertz CT molecular complexity index is 1400. The molecule has 244 valence electrons. The number of anilines is 1. The molecule has 0 bridgehead atoms. The summed E-state index contributed by atoms with van der Waals surface area (Å²) in [4.78, 5) is 45.4. The van der Waals surface area contributed by atoms with Crippen LogP contribution in [0.15, 0.2) is 67.1 Å². The molecule has 1 unspecified atom stereocenters. The van der Waals surface area contributed by atoms with Gasteiger partial charge in [0, 0.05) is 20.4 Å². The highest BCUT2D eigenvalue weighted by Gasteiger charge is 2.39. The Labute approximate surface area is 265 Å². The van der Waals surface area contributed by atoms with Gasteiger partial charge in [-0.05, 0) is 57.9 Å². The average Bonchev–Trinajstić information content (AvgIpc) is 3.46. The molecule has 0 saturated carbocycles. The van der Waals surface area contributed by atoms with E-state index in [-0.39, 0.29) is 25.1 Å². The van der Waals surface area contributed by atoms with E-state index >= 15 is 0 Å². The number of hydrogen-bond acceptors (Lipinski definition) is 8. The van der Waals surface area contributed by atoms with Crippen molar-refractivity contribution in [2.75, 3.05) is 39.8 Å². The number of nitrogens with one attached hydrogen (secondary N) is 2. The summed E-state index contributed by atoms with van der Waals surface area (Å²) < 4.78 is 23.8. The highest BCUT2D eigenvalue weighted by molar-refractivity contribution is 5.98. The Hall–Kier alpha value is -4.42. The fourth-order valence-corrected chi connectivity index (χ4v) is 4.22. The first-order valence-electron chi connectivity index (χ1n) is 14.6. The number of methoxy groups -OCH3 is 2. The van der Waals surface area contributed by atoms with Gasteiger partial charge in [-0.15, -0.1) is 0 Å². The van der Waals surface area contributed by atoms with Crippen LogP contribution in [0.5, 0.6) is 5.75 Å². The van der Waals surface area contributed by atoms with Crippen LogP contribution in [0.25, 0.3) is 0 Å². The summed E-state index contributed by atoms with van der Waals surface area (Å²) in [7, 11) is 4.69. The molecule has 3 aromatic rings. The van der Waals surface area contributed by atoms with E-state index in [1.807, 2.05) is 59.2 Å². The van der Waals surface area contributed by atoms with Crippen LogP contribution in [-0.4, -0.2) is 84.0 Å². The highest BCUT2D eigenvalue weighted by atomic mass is 16.6. The predicted molar refractivity (Wildman–Crippen MR) is 170 cm³/mol. The predicted octanol–water partition coefficient (Wildman–Crippen LogP) is 4.41. The van der Waals surface area contributed by atoms with E-state index in [4.69, 9.17) is 18.9 Å². The maximum Gasteiger partial charge on any atom is 0.410 e. The molecule has 0 aliphatic rings. The topological polar surface area (TPSA) is 133 Å². The van der Waals surface area contributed by atoms with Gasteiger partial charge in [0.1, 0.15) is 22.9 Å². The average molecular weight is 624 g/mol. The van der Waals surface area contributed by atoms with Gasteiger partial charge in [-0.1, -0.05) is 42.5 Å². The molecule has 0 aliphatic heterocycles. The number of carbonyl (C=O) groups excluding carboxylic acids is 3. The van der Waals surface area contributed by atoms with Gasteiger partial charge in [-0.25, -0.2) is 9.78 Å². The van der Waals surface area contributed by atoms with E-state index in [1.54, 1.807) is 61.4 Å². The molecule has 3 rings (SSSR count). The van der Waals surface area contributed by atoms with E-state index < -0.39 is 35.1 Å². The Morgan fingerprint density at radius 1 is 0.956 bits per heavy atom. The SMILES string of the molecule is COCC(c1ccc(OC)cc1)n1cnc(NC(=O)[C@@H](COCc2ccccc2)NC(=O)C(C)(C)N(C)C(=O)OC(C)(C)C)c1. The second-order valence-corrected chi connectivity index (χ2v) is 12.1. The normalized spacial score (nSPS) is 13.0. The lowest BCUT2D eigenvalue weighted by Crippen LogP contribution is -2.60. The fourth-order valence-electron chi connectivity index (χ4n) is 4.22. The molecule has 0 spiro atoms. The van der Waals surface area contributed by atoms with E-state index in [2.05, 4.69) is 15.6 Å². The molecule has 0 fully saturated rings. The molecule has 0 saturated heterocycles. The zero-order chi connectivity index (χ0) is 33.2. The van der Waals surface area contributed by atoms with Crippen molar-refractivity contribution < 1.29 is 33.3 Å². The van der Waals surface area contributed by atoms with Crippen LogP contribution in [0.2, 0.25) is 0 Å². The summed E-state index contributed by atoms with van der Waals surface area (Å²) in [6, 6.07) is 15.8. The number of aromatic nitrogens is 2. The number of imidazole rings is 1. The molecular formula is C33H45N5O7. The third-order valence-corrected chi connectivity index (χ3v) is 7.12. The first-order chi connectivity index (χ1) is 21.2. The second kappa shape index (κ2) is 15.5. The van der Waals surface area contributed by atoms with Crippen molar-refractivity contribution in [1.29, 1.82) is 0 Å². The van der Waals surface area contributed by atoms with Gasteiger partial charge in [0.15, 0.2) is 5.82 Å². The first-order valence-corrected chi connectivity index (χ1v) is 14.6. The number of benzene rings is 2. The zero-order valence-corrected chi connectivity index (χ0v) is 27.3. The second-order valence-electron chi connectivity index (χ2n) is 12.1. The summed E-state index contributed by atoms with van der Waals surface area (Å²) in [6.45, 7) is 8.84. The van der Waals surface area contributed by atoms with Crippen LogP contribution < -0.4 is 15.4 Å². The standard InChI is InChI=1S/C33H45N5O7/c1-32(2,3)45-31(41)37(6)33(4,5)30(40)35-26(20-44-19-23-12-10-9-11-13-23)29(39)36-28-18-38(22-34-28)27(21-42-7)24-14-16-25(43-8)17-15-24/h9-18,22,26-27H,19-21H2,1-8H3,(H,35,40)(H,36,39)/t26-,27?/m1/s1. The lowest BCUT2D eigenvalue weighted by atomic mass is 10.0. The number of hydrogen-bond donors (Lipinski definition) is 2. The number of amides is 3. The minimum atomic E-state index is -1.35. The molecule has 2 N–H and O–H groups in total. The largest absolute Gasteiger partial charge is 0.497 e. The molecule has 12 heteroatoms. The number of rotatable bonds is 14. The van der Waals surface area contributed by atoms with Gasteiger partial charge < -0.3 is 34.1 Å². The molecule has 0 aliphatic carbocycles. The van der Waals surface area contributed by atoms with Crippen molar-refractivity contribution in [3.8, 4) is 5.75 Å². The zero-order valence-electron chi connectivity index (χ0n) is 27.3. The molecule has 1 aromatic heterocycles. The third kappa shape index (κ3) is 10.0. The van der Waals surface area contributed by atoms with Gasteiger partial charge in [0.25, 0.3) is 5.91 Å². The summed E-state index contributed by atoms with van der Waals surface area (Å²) in [5, 5.41) is 5.54. The molecule has 3 amide bonds. The van der Waals surface area contributed by atoms with Crippen LogP contribution in [-0.2, 0) is 30.4 Å². The lowest BCUT2D eigenvalue weighted by Gasteiger charge is -2.36. The van der Waals surface area contributed by atoms with Crippen molar-refractivity contribution in [3.63, 3.8) is 0 Å². The van der Waals surface area contributed by atoms with E-state index in [0.29, 0.717) is 6.61 Å². The Morgan fingerprint density at radius 2 is 1.62 bits per heavy atom. The maximum absolute atomic E-state index is 13.6. The number of carbonyl (C=O) groups is 3. The number of ether oxygens (including phenoxy) is 4. The molecule has 0 radical (unpaired) electrons. The summed E-state index contributed by atoms with van der Waals surface area (Å²) in [6.07, 6.45) is 2.62. The molecule has 1 heterocycles. The highest BCUT2D eigenvalue weighted by Crippen LogP contribution is 2.23. The molecule has 45 heavy (non-hydrogen) atoms. The lowest BCUT2D eigenvalue weighted by molar-refractivity contribution is -0.135. The summed E-state index contributed by atoms with van der Waals surface area (Å²) in [5.41, 5.74) is -0.226. The van der Waals surface area contributed by atoms with Gasteiger partial charge in [-0.2, -0.15) is 0 Å². The molecule has 2 aromatic carbocycles. The van der Waals surface area contributed by atoms with Gasteiger partial charge in [0.05, 0.1) is 39.3 Å². The van der Waals surface area contributed by atoms with Crippen molar-refractivity contribution >= 4 is 23.7 Å². The van der Waals surface area contributed by atoms with E-state index in [9.17, 15) is 14.4 Å². The van der Waals surface area contributed by atoms with Crippen molar-refractivity contribution in [2.24, 2.45) is 0 Å². The van der Waals surface area contributed by atoms with E-state index in [1.165, 1.54) is 11.9 Å². The quantitative estimate of drug-likeness (QED) is 0.270. The molecular weight excluding hydrogens is 578 g/mol. The van der Waals surface area contributed by atoms with Crippen molar-refractivity contribution in [3.05, 3.63) is 78.2 Å². The summed E-state index contributed by atoms with van der Waals surface area (Å²) >= 11 is 0. The number of likely N-dealkylation sites (N-methyl/N-ethyl adjacent to an activating group) is 1. The molecule has 2 atom stereocenters. The van der Waals surface area contributed by atoms with E-state index in [0.717, 1.165) is 16.9 Å². The van der Waals surface area contributed by atoms with Crippen LogP contribution in [0, 0.1) is 0 Å². The van der Waals surface area contributed by atoms with Gasteiger partial charge in [0.2, 0.25) is 5.91 Å². The Balaban J connectivity index is 1.77. The van der Waals surface area contributed by atoms with Crippen LogP contribution in [0.1, 0.15) is 51.8 Å². The van der Waals surface area contributed by atoms with Gasteiger partial charge in [-0.3, -0.25) is 14.5 Å².